The Morgan fingerprint density at radius 3 is 2.52 bits per heavy atom. The first-order valence-corrected chi connectivity index (χ1v) is 16.8. The fraction of sp³-hybridized carbons (Fsp3) is 0.270. The number of esters is 1. The van der Waals surface area contributed by atoms with E-state index in [1.165, 1.54) is 7.11 Å². The van der Waals surface area contributed by atoms with Crippen molar-refractivity contribution in [1.29, 1.82) is 0 Å². The van der Waals surface area contributed by atoms with E-state index in [0.29, 0.717) is 64.1 Å². The van der Waals surface area contributed by atoms with Crippen LogP contribution >= 0.6 is 15.9 Å². The number of aliphatic hydroxyl groups is 1. The number of hydrogen-bond donors (Lipinski definition) is 4. The topological polar surface area (TPSA) is 149 Å². The van der Waals surface area contributed by atoms with Gasteiger partial charge in [0.05, 0.1) is 42.6 Å². The third-order valence-electron chi connectivity index (χ3n) is 7.69. The zero-order valence-corrected chi connectivity index (χ0v) is 29.7. The summed E-state index contributed by atoms with van der Waals surface area (Å²) >= 11 is 3.62. The average molecular weight is 748 g/mol. The maximum Gasteiger partial charge on any atom is 0.337 e. The summed E-state index contributed by atoms with van der Waals surface area (Å²) in [5.74, 6) is 1.27. The normalized spacial score (nSPS) is 14.9. The maximum atomic E-state index is 12.5. The minimum Gasteiger partial charge on any atom is -0.490 e. The van der Waals surface area contributed by atoms with Crippen LogP contribution in [0.15, 0.2) is 93.6 Å². The van der Waals surface area contributed by atoms with Gasteiger partial charge in [-0.3, -0.25) is 5.43 Å². The lowest BCUT2D eigenvalue weighted by atomic mass is 9.95. The fourth-order valence-corrected chi connectivity index (χ4v) is 6.03. The summed E-state index contributed by atoms with van der Waals surface area (Å²) in [6, 6.07) is 21.8. The molecule has 1 heterocycles. The van der Waals surface area contributed by atoms with E-state index in [1.807, 2.05) is 50.2 Å². The van der Waals surface area contributed by atoms with Crippen molar-refractivity contribution >= 4 is 44.9 Å². The third kappa shape index (κ3) is 8.65. The van der Waals surface area contributed by atoms with Crippen molar-refractivity contribution in [1.82, 2.24) is 16.1 Å². The van der Waals surface area contributed by atoms with Crippen LogP contribution in [0.4, 0.5) is 4.79 Å². The van der Waals surface area contributed by atoms with Gasteiger partial charge in [0.1, 0.15) is 13.2 Å². The van der Waals surface area contributed by atoms with E-state index in [0.717, 1.165) is 16.3 Å². The standard InChI is InChI=1S/C37H39BrN4O8/c1-5-47-30-18-25(34-33(36(44)46-4)22(3)40-37(45)41-34)14-15-29(30)49-21-32(43)42-39-19-23-16-28(38)35(31(17-23)48-6-2)50-20-26-12-9-11-24-10-7-8-13-27(24)26/h7-19,32,34,42-43H,5-6,20-21H2,1-4H3,(H2,40,41,45)/b39-19+/t32-,34+/m0/s1. The Labute approximate surface area is 298 Å². The van der Waals surface area contributed by atoms with E-state index in [9.17, 15) is 14.7 Å². The van der Waals surface area contributed by atoms with Crippen LogP contribution in [0.25, 0.3) is 10.8 Å². The molecule has 2 amide bonds. The molecule has 12 nitrogen and oxygen atoms in total. The molecule has 0 unspecified atom stereocenters. The number of ether oxygens (including phenoxy) is 5. The molecule has 4 aromatic carbocycles. The van der Waals surface area contributed by atoms with E-state index >= 15 is 0 Å². The molecular formula is C37H39BrN4O8. The Morgan fingerprint density at radius 2 is 1.74 bits per heavy atom. The van der Waals surface area contributed by atoms with Gasteiger partial charge in [-0.15, -0.1) is 0 Å². The molecule has 0 bridgehead atoms. The van der Waals surface area contributed by atoms with Crippen molar-refractivity contribution in [2.45, 2.75) is 39.6 Å². The summed E-state index contributed by atoms with van der Waals surface area (Å²) in [7, 11) is 1.28. The molecule has 0 spiro atoms. The van der Waals surface area contributed by atoms with Gasteiger partial charge in [-0.1, -0.05) is 48.5 Å². The summed E-state index contributed by atoms with van der Waals surface area (Å²) in [5.41, 5.74) is 5.66. The quantitative estimate of drug-likeness (QED) is 0.0490. The molecule has 1 aliphatic rings. The first-order valence-electron chi connectivity index (χ1n) is 16.0. The maximum absolute atomic E-state index is 12.5. The van der Waals surface area contributed by atoms with E-state index in [2.05, 4.69) is 55.3 Å². The summed E-state index contributed by atoms with van der Waals surface area (Å²) < 4.78 is 29.4. The summed E-state index contributed by atoms with van der Waals surface area (Å²) in [6.07, 6.45) is 0.381. The number of aliphatic hydroxyl groups excluding tert-OH is 1. The molecule has 50 heavy (non-hydrogen) atoms. The second-order valence-corrected chi connectivity index (χ2v) is 12.0. The van der Waals surface area contributed by atoms with Gasteiger partial charge < -0.3 is 39.4 Å². The molecule has 4 N–H and O–H groups in total. The second-order valence-electron chi connectivity index (χ2n) is 11.1. The lowest BCUT2D eigenvalue weighted by Crippen LogP contribution is -2.45. The molecule has 13 heteroatoms. The van der Waals surface area contributed by atoms with Crippen LogP contribution in [0, 0.1) is 0 Å². The number of halogens is 1. The van der Waals surface area contributed by atoms with Crippen molar-refractivity contribution in [3.63, 3.8) is 0 Å². The molecule has 0 fully saturated rings. The van der Waals surface area contributed by atoms with Crippen molar-refractivity contribution in [2.75, 3.05) is 26.9 Å². The van der Waals surface area contributed by atoms with E-state index in [1.54, 1.807) is 31.3 Å². The number of carbonyl (C=O) groups is 2. The van der Waals surface area contributed by atoms with Gasteiger partial charge in [0.25, 0.3) is 0 Å². The number of allylic oxidation sites excluding steroid dienone is 1. The minimum absolute atomic E-state index is 0.165. The summed E-state index contributed by atoms with van der Waals surface area (Å²) in [4.78, 5) is 24.7. The number of urea groups is 1. The Balaban J connectivity index is 1.23. The van der Waals surface area contributed by atoms with Crippen molar-refractivity contribution in [2.24, 2.45) is 5.10 Å². The van der Waals surface area contributed by atoms with Gasteiger partial charge in [-0.05, 0) is 88.4 Å². The Morgan fingerprint density at radius 1 is 0.980 bits per heavy atom. The highest BCUT2D eigenvalue weighted by Gasteiger charge is 2.32. The molecule has 2 atom stereocenters. The molecule has 262 valence electrons. The number of hydrazone groups is 1. The minimum atomic E-state index is -1.17. The number of rotatable bonds is 15. The Hall–Kier alpha value is -5.27. The number of carbonyl (C=O) groups excluding carboxylic acids is 2. The predicted molar refractivity (Wildman–Crippen MR) is 193 cm³/mol. The van der Waals surface area contributed by atoms with Gasteiger partial charge >= 0.3 is 12.0 Å². The Kier molecular flexibility index (Phi) is 12.2. The van der Waals surface area contributed by atoms with Crippen LogP contribution in [-0.4, -0.2) is 56.5 Å². The van der Waals surface area contributed by atoms with Crippen molar-refractivity contribution < 1.29 is 38.4 Å². The van der Waals surface area contributed by atoms with Crippen molar-refractivity contribution in [3.8, 4) is 23.0 Å². The van der Waals surface area contributed by atoms with Crippen LogP contribution < -0.4 is 35.0 Å². The number of fused-ring (bicyclic) bond motifs is 1. The SMILES string of the molecule is CCOc1cc([C@H]2NC(=O)NC(C)=C2C(=O)OC)ccc1OC[C@H](O)N/N=C/c1cc(Br)c(OCc2cccc3ccccc23)c(OCC)c1. The molecule has 5 rings (SSSR count). The largest absolute Gasteiger partial charge is 0.490 e. The first kappa shape index (κ1) is 36.0. The summed E-state index contributed by atoms with van der Waals surface area (Å²) in [5, 5.41) is 22.4. The van der Waals surface area contributed by atoms with Crippen LogP contribution in [-0.2, 0) is 16.1 Å². The lowest BCUT2D eigenvalue weighted by Gasteiger charge is -2.28. The number of amides is 2. The number of nitrogens with zero attached hydrogens (tertiary/aromatic N) is 1. The fourth-order valence-electron chi connectivity index (χ4n) is 5.45. The highest BCUT2D eigenvalue weighted by molar-refractivity contribution is 9.10. The number of nitrogens with one attached hydrogen (secondary N) is 3. The number of benzene rings is 4. The molecule has 0 aliphatic carbocycles. The van der Waals surface area contributed by atoms with E-state index in [4.69, 9.17) is 23.7 Å². The van der Waals surface area contributed by atoms with Gasteiger partial charge in [0.15, 0.2) is 29.2 Å². The average Bonchev–Trinajstić information content (AvgIpc) is 3.10. The molecule has 4 aromatic rings. The smallest absolute Gasteiger partial charge is 0.337 e. The lowest BCUT2D eigenvalue weighted by molar-refractivity contribution is -0.136. The van der Waals surface area contributed by atoms with Gasteiger partial charge in [-0.25, -0.2) is 9.59 Å². The molecule has 0 radical (unpaired) electrons. The second kappa shape index (κ2) is 16.9. The zero-order chi connectivity index (χ0) is 35.6. The molecular weight excluding hydrogens is 708 g/mol. The molecule has 0 saturated carbocycles. The molecule has 0 saturated heterocycles. The van der Waals surface area contributed by atoms with E-state index in [-0.39, 0.29) is 12.2 Å². The Bertz CT molecular complexity index is 1910. The third-order valence-corrected chi connectivity index (χ3v) is 8.28. The zero-order valence-electron chi connectivity index (χ0n) is 28.1. The van der Waals surface area contributed by atoms with Crippen LogP contribution in [0.5, 0.6) is 23.0 Å². The number of methoxy groups -OCH3 is 1. The van der Waals surface area contributed by atoms with Gasteiger partial charge in [0, 0.05) is 5.70 Å². The van der Waals surface area contributed by atoms with Gasteiger partial charge in [-0.2, -0.15) is 5.10 Å². The highest BCUT2D eigenvalue weighted by atomic mass is 79.9. The summed E-state index contributed by atoms with van der Waals surface area (Å²) in [6.45, 7) is 6.30. The molecule has 1 aliphatic heterocycles. The molecule has 0 aromatic heterocycles. The first-order chi connectivity index (χ1) is 24.2. The number of hydrogen-bond acceptors (Lipinski definition) is 10. The van der Waals surface area contributed by atoms with Crippen LogP contribution in [0.1, 0.15) is 43.5 Å². The van der Waals surface area contributed by atoms with Crippen molar-refractivity contribution in [3.05, 3.63) is 105 Å². The van der Waals surface area contributed by atoms with Crippen LogP contribution in [0.3, 0.4) is 0 Å². The predicted octanol–water partition coefficient (Wildman–Crippen LogP) is 6.10. The van der Waals surface area contributed by atoms with Gasteiger partial charge in [0.2, 0.25) is 0 Å². The highest BCUT2D eigenvalue weighted by Crippen LogP contribution is 2.38. The van der Waals surface area contributed by atoms with E-state index < -0.39 is 24.3 Å². The monoisotopic (exact) mass is 746 g/mol. The van der Waals surface area contributed by atoms with Crippen LogP contribution in [0.2, 0.25) is 0 Å².